The van der Waals surface area contributed by atoms with E-state index in [1.807, 2.05) is 17.5 Å². The second kappa shape index (κ2) is 3.89. The highest BCUT2D eigenvalue weighted by molar-refractivity contribution is 7.86. The SMILES string of the molecule is Nc1c(-c2cccs2)cccc1S(=O)(=O)O. The van der Waals surface area contributed by atoms with Gasteiger partial charge in [-0.05, 0) is 17.5 Å². The first-order valence-corrected chi connectivity index (χ1v) is 6.72. The van der Waals surface area contributed by atoms with Crippen molar-refractivity contribution in [3.8, 4) is 10.4 Å². The van der Waals surface area contributed by atoms with E-state index in [4.69, 9.17) is 10.3 Å². The minimum atomic E-state index is -4.27. The summed E-state index contributed by atoms with van der Waals surface area (Å²) in [7, 11) is -4.27. The fourth-order valence-electron chi connectivity index (χ4n) is 1.42. The molecule has 0 saturated carbocycles. The molecule has 0 radical (unpaired) electrons. The number of anilines is 1. The Morgan fingerprint density at radius 3 is 2.50 bits per heavy atom. The van der Waals surface area contributed by atoms with Crippen molar-refractivity contribution >= 4 is 27.1 Å². The van der Waals surface area contributed by atoms with Crippen molar-refractivity contribution in [1.82, 2.24) is 0 Å². The third-order valence-corrected chi connectivity index (χ3v) is 3.95. The van der Waals surface area contributed by atoms with Gasteiger partial charge in [0.05, 0.1) is 5.69 Å². The van der Waals surface area contributed by atoms with Gasteiger partial charge in [0.15, 0.2) is 0 Å². The standard InChI is InChI=1S/C10H9NO3S2/c11-10-7(8-4-2-6-15-8)3-1-5-9(10)16(12,13)14/h1-6H,11H2,(H,12,13,14). The summed E-state index contributed by atoms with van der Waals surface area (Å²) in [6.45, 7) is 0. The Kier molecular flexibility index (Phi) is 2.71. The molecule has 6 heteroatoms. The van der Waals surface area contributed by atoms with Crippen LogP contribution in [-0.2, 0) is 10.1 Å². The lowest BCUT2D eigenvalue weighted by Crippen LogP contribution is -2.03. The largest absolute Gasteiger partial charge is 0.397 e. The second-order valence-corrected chi connectivity index (χ2v) is 5.51. The molecule has 84 valence electrons. The number of hydrogen-bond acceptors (Lipinski definition) is 4. The molecular weight excluding hydrogens is 246 g/mol. The highest BCUT2D eigenvalue weighted by Crippen LogP contribution is 2.33. The van der Waals surface area contributed by atoms with Gasteiger partial charge in [0.25, 0.3) is 10.1 Å². The Labute approximate surface area is 97.1 Å². The van der Waals surface area contributed by atoms with Crippen LogP contribution in [0.1, 0.15) is 0 Å². The molecule has 3 N–H and O–H groups in total. The number of nitrogens with two attached hydrogens (primary N) is 1. The van der Waals surface area contributed by atoms with Crippen LogP contribution in [0, 0.1) is 0 Å². The summed E-state index contributed by atoms with van der Waals surface area (Å²) in [6.07, 6.45) is 0. The van der Waals surface area contributed by atoms with Gasteiger partial charge in [0.2, 0.25) is 0 Å². The van der Waals surface area contributed by atoms with Gasteiger partial charge in [-0.25, -0.2) is 0 Å². The Bertz CT molecular complexity index is 603. The highest BCUT2D eigenvalue weighted by Gasteiger charge is 2.16. The number of thiophene rings is 1. The Morgan fingerprint density at radius 1 is 1.19 bits per heavy atom. The molecule has 0 amide bonds. The second-order valence-electron chi connectivity index (χ2n) is 3.17. The minimum absolute atomic E-state index is 0.0763. The molecule has 0 aliphatic heterocycles. The van der Waals surface area contributed by atoms with Crippen LogP contribution in [0.15, 0.2) is 40.6 Å². The zero-order valence-corrected chi connectivity index (χ0v) is 9.75. The number of benzene rings is 1. The first-order valence-electron chi connectivity index (χ1n) is 4.40. The molecular formula is C10H9NO3S2. The van der Waals surface area contributed by atoms with Gasteiger partial charge < -0.3 is 5.73 Å². The maximum atomic E-state index is 11.1. The summed E-state index contributed by atoms with van der Waals surface area (Å²) in [4.78, 5) is 0.612. The molecule has 16 heavy (non-hydrogen) atoms. The molecule has 2 aromatic rings. The number of hydrogen-bond donors (Lipinski definition) is 2. The van der Waals surface area contributed by atoms with E-state index in [9.17, 15) is 8.42 Å². The van der Waals surface area contributed by atoms with Crippen LogP contribution < -0.4 is 5.73 Å². The van der Waals surface area contributed by atoms with Crippen molar-refractivity contribution in [2.45, 2.75) is 4.90 Å². The zero-order valence-electron chi connectivity index (χ0n) is 8.12. The van der Waals surface area contributed by atoms with Crippen LogP contribution >= 0.6 is 11.3 Å². The third-order valence-electron chi connectivity index (χ3n) is 2.13. The predicted octanol–water partition coefficient (Wildman–Crippen LogP) is 2.24. The van der Waals surface area contributed by atoms with E-state index in [-0.39, 0.29) is 10.6 Å². The van der Waals surface area contributed by atoms with Gasteiger partial charge in [-0.15, -0.1) is 11.3 Å². The lowest BCUT2D eigenvalue weighted by Gasteiger charge is -2.06. The van der Waals surface area contributed by atoms with E-state index in [0.29, 0.717) is 5.56 Å². The van der Waals surface area contributed by atoms with Crippen LogP contribution in [0.2, 0.25) is 0 Å². The van der Waals surface area contributed by atoms with Crippen molar-refractivity contribution in [3.63, 3.8) is 0 Å². The summed E-state index contributed by atoms with van der Waals surface area (Å²) in [5.41, 5.74) is 6.42. The first-order chi connectivity index (χ1) is 7.50. The lowest BCUT2D eigenvalue weighted by molar-refractivity contribution is 0.483. The van der Waals surface area contributed by atoms with E-state index in [0.717, 1.165) is 4.88 Å². The molecule has 0 spiro atoms. The molecule has 1 aromatic heterocycles. The molecule has 1 aromatic carbocycles. The van der Waals surface area contributed by atoms with Crippen molar-refractivity contribution in [1.29, 1.82) is 0 Å². The zero-order chi connectivity index (χ0) is 11.8. The molecule has 0 bridgehead atoms. The maximum Gasteiger partial charge on any atom is 0.296 e. The van der Waals surface area contributed by atoms with Crippen molar-refractivity contribution < 1.29 is 13.0 Å². The summed E-state index contributed by atoms with van der Waals surface area (Å²) in [5, 5.41) is 1.87. The van der Waals surface area contributed by atoms with E-state index in [1.165, 1.54) is 17.4 Å². The molecule has 1 heterocycles. The van der Waals surface area contributed by atoms with Crippen molar-refractivity contribution in [2.75, 3.05) is 5.73 Å². The summed E-state index contributed by atoms with van der Waals surface area (Å²) >= 11 is 1.45. The van der Waals surface area contributed by atoms with Gasteiger partial charge in [-0.1, -0.05) is 18.2 Å². The third kappa shape index (κ3) is 1.95. The van der Waals surface area contributed by atoms with Crippen LogP contribution in [0.5, 0.6) is 0 Å². The Balaban J connectivity index is 2.67. The monoisotopic (exact) mass is 255 g/mol. The fourth-order valence-corrected chi connectivity index (χ4v) is 2.82. The van der Waals surface area contributed by atoms with Gasteiger partial charge >= 0.3 is 0 Å². The van der Waals surface area contributed by atoms with E-state index >= 15 is 0 Å². The van der Waals surface area contributed by atoms with Gasteiger partial charge in [-0.2, -0.15) is 8.42 Å². The lowest BCUT2D eigenvalue weighted by atomic mass is 10.1. The van der Waals surface area contributed by atoms with Crippen LogP contribution in [0.25, 0.3) is 10.4 Å². The van der Waals surface area contributed by atoms with Crippen molar-refractivity contribution in [3.05, 3.63) is 35.7 Å². The molecule has 4 nitrogen and oxygen atoms in total. The molecule has 0 fully saturated rings. The quantitative estimate of drug-likeness (QED) is 0.637. The topological polar surface area (TPSA) is 80.4 Å². The summed E-state index contributed by atoms with van der Waals surface area (Å²) < 4.78 is 31.1. The van der Waals surface area contributed by atoms with Gasteiger partial charge in [0, 0.05) is 10.4 Å². The Hall–Kier alpha value is -1.37. The molecule has 2 rings (SSSR count). The average molecular weight is 255 g/mol. The number of rotatable bonds is 2. The van der Waals surface area contributed by atoms with E-state index < -0.39 is 10.1 Å². The van der Waals surface area contributed by atoms with Crippen LogP contribution in [0.3, 0.4) is 0 Å². The summed E-state index contributed by atoms with van der Waals surface area (Å²) in [5.74, 6) is 0. The molecule has 0 saturated heterocycles. The fraction of sp³-hybridized carbons (Fsp3) is 0. The normalized spacial score (nSPS) is 11.6. The number of para-hydroxylation sites is 1. The van der Waals surface area contributed by atoms with Gasteiger partial charge in [0.1, 0.15) is 4.90 Å². The highest BCUT2D eigenvalue weighted by atomic mass is 32.2. The van der Waals surface area contributed by atoms with Gasteiger partial charge in [-0.3, -0.25) is 4.55 Å². The van der Waals surface area contributed by atoms with E-state index in [2.05, 4.69) is 0 Å². The number of nitrogen functional groups attached to an aromatic ring is 1. The van der Waals surface area contributed by atoms with Crippen molar-refractivity contribution in [2.24, 2.45) is 0 Å². The molecule has 0 aliphatic rings. The first kappa shape index (κ1) is 11.1. The summed E-state index contributed by atoms with van der Waals surface area (Å²) in [6, 6.07) is 8.23. The Morgan fingerprint density at radius 2 is 1.94 bits per heavy atom. The predicted molar refractivity (Wildman–Crippen MR) is 64.0 cm³/mol. The average Bonchev–Trinajstić information content (AvgIpc) is 2.69. The molecule has 0 atom stereocenters. The van der Waals surface area contributed by atoms with E-state index in [1.54, 1.807) is 12.1 Å². The smallest absolute Gasteiger partial charge is 0.296 e. The molecule has 0 unspecified atom stereocenters. The van der Waals surface area contributed by atoms with Crippen LogP contribution in [0.4, 0.5) is 5.69 Å². The minimum Gasteiger partial charge on any atom is -0.397 e. The van der Waals surface area contributed by atoms with Crippen LogP contribution in [-0.4, -0.2) is 13.0 Å². The maximum absolute atomic E-state index is 11.1. The molecule has 0 aliphatic carbocycles.